The molecule has 2 aromatic carbocycles. The number of carbonyl (C=O) groups is 1. The van der Waals surface area contributed by atoms with Crippen LogP contribution in [-0.4, -0.2) is 17.2 Å². The number of benzene rings is 2. The molecule has 0 saturated carbocycles. The minimum atomic E-state index is -0.644. The summed E-state index contributed by atoms with van der Waals surface area (Å²) in [5, 5.41) is 16.5. The molecule has 3 N–H and O–H groups in total. The third-order valence-electron chi connectivity index (χ3n) is 4.37. The van der Waals surface area contributed by atoms with Gasteiger partial charge in [0.25, 0.3) is 0 Å². The molecule has 2 amide bonds. The number of hydrogen-bond donors (Lipinski definition) is 3. The second kappa shape index (κ2) is 6.07. The van der Waals surface area contributed by atoms with Crippen molar-refractivity contribution in [1.29, 1.82) is 0 Å². The molecule has 6 nitrogen and oxygen atoms in total. The summed E-state index contributed by atoms with van der Waals surface area (Å²) in [6.45, 7) is 0. The lowest BCUT2D eigenvalue weighted by Gasteiger charge is -2.18. The van der Waals surface area contributed by atoms with Crippen LogP contribution in [-0.2, 0) is 6.42 Å². The molecule has 0 radical (unpaired) electrons. The molecular weight excluding hydrogens is 320 g/mol. The van der Waals surface area contributed by atoms with Crippen LogP contribution in [0.25, 0.3) is 11.0 Å². The van der Waals surface area contributed by atoms with Crippen molar-refractivity contribution in [2.45, 2.75) is 18.6 Å². The third kappa shape index (κ3) is 2.99. The summed E-state index contributed by atoms with van der Waals surface area (Å²) in [5.74, 6) is 0. The molecule has 0 spiro atoms. The van der Waals surface area contributed by atoms with Gasteiger partial charge in [-0.3, -0.25) is 0 Å². The Balaban J connectivity index is 1.51. The van der Waals surface area contributed by atoms with Gasteiger partial charge in [0, 0.05) is 23.6 Å². The van der Waals surface area contributed by atoms with E-state index in [2.05, 4.69) is 10.6 Å². The Labute approximate surface area is 143 Å². The predicted octanol–water partition coefficient (Wildman–Crippen LogP) is 2.57. The number of hydrogen-bond acceptors (Lipinski definition) is 4. The standard InChI is InChI=1S/C19H16N2O4/c22-15-10-11-3-1-2-4-14(11)18(15)21-19(24)20-13-6-7-16-12(9-13)5-8-17(23)25-16/h1-9,15,18,22H,10H2,(H2,20,21,24)/t15-,18+/m0/s1. The first-order valence-electron chi connectivity index (χ1n) is 7.97. The number of aliphatic hydroxyl groups is 1. The topological polar surface area (TPSA) is 91.6 Å². The zero-order valence-electron chi connectivity index (χ0n) is 13.2. The molecule has 0 fully saturated rings. The van der Waals surface area contributed by atoms with Gasteiger partial charge in [-0.05, 0) is 35.4 Å². The van der Waals surface area contributed by atoms with Crippen LogP contribution in [0.4, 0.5) is 10.5 Å². The number of urea groups is 1. The van der Waals surface area contributed by atoms with Gasteiger partial charge in [0.05, 0.1) is 12.1 Å². The SMILES string of the molecule is O=C(Nc1ccc2oc(=O)ccc2c1)N[C@@H]1c2ccccc2C[C@@H]1O. The molecule has 1 aliphatic carbocycles. The van der Waals surface area contributed by atoms with Gasteiger partial charge in [0.1, 0.15) is 5.58 Å². The fraction of sp³-hybridized carbons (Fsp3) is 0.158. The van der Waals surface area contributed by atoms with Gasteiger partial charge in [0.2, 0.25) is 0 Å². The van der Waals surface area contributed by atoms with Crippen molar-refractivity contribution in [2.75, 3.05) is 5.32 Å². The number of nitrogens with one attached hydrogen (secondary N) is 2. The largest absolute Gasteiger partial charge is 0.423 e. The fourth-order valence-electron chi connectivity index (χ4n) is 3.21. The average molecular weight is 336 g/mol. The van der Waals surface area contributed by atoms with Crippen molar-refractivity contribution >= 4 is 22.7 Å². The number of carbonyl (C=O) groups excluding carboxylic acids is 1. The highest BCUT2D eigenvalue weighted by molar-refractivity contribution is 5.92. The van der Waals surface area contributed by atoms with Crippen LogP contribution in [0.1, 0.15) is 17.2 Å². The second-order valence-corrected chi connectivity index (χ2v) is 6.05. The molecule has 25 heavy (non-hydrogen) atoms. The van der Waals surface area contributed by atoms with E-state index in [1.54, 1.807) is 24.3 Å². The molecule has 1 aliphatic rings. The van der Waals surface area contributed by atoms with Crippen molar-refractivity contribution in [1.82, 2.24) is 5.32 Å². The zero-order valence-corrected chi connectivity index (χ0v) is 13.2. The molecule has 126 valence electrons. The molecule has 0 bridgehead atoms. The predicted molar refractivity (Wildman–Crippen MR) is 93.5 cm³/mol. The van der Waals surface area contributed by atoms with Gasteiger partial charge < -0.3 is 20.2 Å². The van der Waals surface area contributed by atoms with E-state index < -0.39 is 23.8 Å². The molecule has 1 heterocycles. The zero-order chi connectivity index (χ0) is 17.4. The highest BCUT2D eigenvalue weighted by atomic mass is 16.4. The Morgan fingerprint density at radius 1 is 1.12 bits per heavy atom. The highest BCUT2D eigenvalue weighted by Crippen LogP contribution is 2.31. The van der Waals surface area contributed by atoms with Crippen molar-refractivity contribution in [2.24, 2.45) is 0 Å². The fourth-order valence-corrected chi connectivity index (χ4v) is 3.21. The van der Waals surface area contributed by atoms with Crippen LogP contribution < -0.4 is 16.3 Å². The first kappa shape index (κ1) is 15.4. The summed E-state index contributed by atoms with van der Waals surface area (Å²) in [6.07, 6.45) is -0.120. The first-order chi connectivity index (χ1) is 12.1. The summed E-state index contributed by atoms with van der Waals surface area (Å²) in [5.41, 5.74) is 2.59. The Morgan fingerprint density at radius 3 is 2.84 bits per heavy atom. The lowest BCUT2D eigenvalue weighted by atomic mass is 10.1. The molecule has 0 saturated heterocycles. The van der Waals surface area contributed by atoms with Gasteiger partial charge >= 0.3 is 11.7 Å². The summed E-state index contributed by atoms with van der Waals surface area (Å²) < 4.78 is 5.07. The van der Waals surface area contributed by atoms with Gasteiger partial charge in [-0.1, -0.05) is 24.3 Å². The van der Waals surface area contributed by atoms with Gasteiger partial charge in [-0.2, -0.15) is 0 Å². The Hall–Kier alpha value is -3.12. The van der Waals surface area contributed by atoms with E-state index in [0.717, 1.165) is 11.1 Å². The normalized spacial score (nSPS) is 18.8. The van der Waals surface area contributed by atoms with E-state index in [9.17, 15) is 14.7 Å². The third-order valence-corrected chi connectivity index (χ3v) is 4.37. The van der Waals surface area contributed by atoms with Crippen LogP contribution in [0.2, 0.25) is 0 Å². The number of rotatable bonds is 2. The van der Waals surface area contributed by atoms with E-state index in [1.165, 1.54) is 6.07 Å². The molecule has 3 aromatic rings. The molecule has 6 heteroatoms. The van der Waals surface area contributed by atoms with E-state index in [1.807, 2.05) is 24.3 Å². The number of anilines is 1. The molecule has 4 rings (SSSR count). The van der Waals surface area contributed by atoms with Gasteiger partial charge in [-0.25, -0.2) is 9.59 Å². The summed E-state index contributed by atoms with van der Waals surface area (Å²) in [6, 6.07) is 14.8. The number of aliphatic hydroxyl groups excluding tert-OH is 1. The number of fused-ring (bicyclic) bond motifs is 2. The Bertz CT molecular complexity index is 1010. The van der Waals surface area contributed by atoms with Crippen LogP contribution in [0.15, 0.2) is 63.8 Å². The van der Waals surface area contributed by atoms with Crippen molar-refractivity contribution in [3.05, 3.63) is 76.1 Å². The van der Waals surface area contributed by atoms with E-state index in [0.29, 0.717) is 23.1 Å². The van der Waals surface area contributed by atoms with Gasteiger partial charge in [-0.15, -0.1) is 0 Å². The van der Waals surface area contributed by atoms with Gasteiger partial charge in [0.15, 0.2) is 0 Å². The smallest absolute Gasteiger partial charge is 0.336 e. The van der Waals surface area contributed by atoms with Crippen molar-refractivity contribution < 1.29 is 14.3 Å². The summed E-state index contributed by atoms with van der Waals surface area (Å²) in [7, 11) is 0. The van der Waals surface area contributed by atoms with Crippen LogP contribution >= 0.6 is 0 Å². The minimum absolute atomic E-state index is 0.405. The lowest BCUT2D eigenvalue weighted by molar-refractivity contribution is 0.144. The van der Waals surface area contributed by atoms with Crippen LogP contribution in [0, 0.1) is 0 Å². The maximum atomic E-state index is 12.3. The summed E-state index contributed by atoms with van der Waals surface area (Å²) in [4.78, 5) is 23.5. The Morgan fingerprint density at radius 2 is 1.96 bits per heavy atom. The average Bonchev–Trinajstić information content (AvgIpc) is 2.91. The van der Waals surface area contributed by atoms with Crippen molar-refractivity contribution in [3.63, 3.8) is 0 Å². The van der Waals surface area contributed by atoms with E-state index in [-0.39, 0.29) is 0 Å². The highest BCUT2D eigenvalue weighted by Gasteiger charge is 2.31. The molecule has 1 aromatic heterocycles. The van der Waals surface area contributed by atoms with Crippen molar-refractivity contribution in [3.8, 4) is 0 Å². The molecule has 0 aliphatic heterocycles. The maximum Gasteiger partial charge on any atom is 0.336 e. The maximum absolute atomic E-state index is 12.3. The monoisotopic (exact) mass is 336 g/mol. The quantitative estimate of drug-likeness (QED) is 0.627. The molecular formula is C19H16N2O4. The molecule has 2 atom stereocenters. The van der Waals surface area contributed by atoms with Crippen LogP contribution in [0.5, 0.6) is 0 Å². The van der Waals surface area contributed by atoms with E-state index in [4.69, 9.17) is 4.42 Å². The first-order valence-corrected chi connectivity index (χ1v) is 7.97. The Kier molecular flexibility index (Phi) is 3.74. The second-order valence-electron chi connectivity index (χ2n) is 6.05. The van der Waals surface area contributed by atoms with E-state index >= 15 is 0 Å². The minimum Gasteiger partial charge on any atom is -0.423 e. The summed E-state index contributed by atoms with van der Waals surface area (Å²) >= 11 is 0. The van der Waals surface area contributed by atoms with Crippen LogP contribution in [0.3, 0.4) is 0 Å². The molecule has 0 unspecified atom stereocenters. The number of amides is 2. The lowest BCUT2D eigenvalue weighted by Crippen LogP contribution is -2.36.